The molecule has 0 N–H and O–H groups in total. The Morgan fingerprint density at radius 3 is 2.62 bits per heavy atom. The third-order valence-corrected chi connectivity index (χ3v) is 5.36. The minimum atomic E-state index is 0.0211. The van der Waals surface area contributed by atoms with Crippen LogP contribution >= 0.6 is 0 Å². The molecule has 1 fully saturated rings. The van der Waals surface area contributed by atoms with Gasteiger partial charge in [0.1, 0.15) is 0 Å². The molecule has 0 saturated heterocycles. The van der Waals surface area contributed by atoms with Crippen LogP contribution in [-0.2, 0) is 0 Å². The SMILES string of the molecule is Cc1noc2nc(-c3ccccc3)cc(C(=O)N(C)C3CCCCC3)c12. The average Bonchev–Trinajstić information content (AvgIpc) is 3.08. The van der Waals surface area contributed by atoms with Gasteiger partial charge >= 0.3 is 0 Å². The van der Waals surface area contributed by atoms with Gasteiger partial charge in [0.2, 0.25) is 0 Å². The summed E-state index contributed by atoms with van der Waals surface area (Å²) in [4.78, 5) is 19.8. The predicted octanol–water partition coefficient (Wildman–Crippen LogP) is 4.60. The van der Waals surface area contributed by atoms with Crippen LogP contribution in [0, 0.1) is 6.92 Å². The Hall–Kier alpha value is -2.69. The molecule has 5 heteroatoms. The maximum absolute atomic E-state index is 13.3. The Kier molecular flexibility index (Phi) is 4.45. The van der Waals surface area contributed by atoms with Gasteiger partial charge in [-0.2, -0.15) is 0 Å². The zero-order valence-electron chi connectivity index (χ0n) is 15.2. The fraction of sp³-hybridized carbons (Fsp3) is 0.381. The van der Waals surface area contributed by atoms with Gasteiger partial charge < -0.3 is 9.42 Å². The molecule has 0 unspecified atom stereocenters. The normalized spacial score (nSPS) is 15.3. The number of rotatable bonds is 3. The van der Waals surface area contributed by atoms with E-state index in [2.05, 4.69) is 10.1 Å². The van der Waals surface area contributed by atoms with Crippen molar-refractivity contribution in [2.24, 2.45) is 0 Å². The number of pyridine rings is 1. The number of aromatic nitrogens is 2. The van der Waals surface area contributed by atoms with Gasteiger partial charge in [0.05, 0.1) is 22.3 Å². The van der Waals surface area contributed by atoms with Crippen LogP contribution in [0.3, 0.4) is 0 Å². The topological polar surface area (TPSA) is 59.2 Å². The third kappa shape index (κ3) is 2.98. The summed E-state index contributed by atoms with van der Waals surface area (Å²) in [7, 11) is 1.91. The number of amides is 1. The summed E-state index contributed by atoms with van der Waals surface area (Å²) in [5.41, 5.74) is 3.44. The standard InChI is InChI=1S/C21H23N3O2/c1-14-19-17(21(25)24(2)16-11-7-4-8-12-16)13-18(22-20(19)26-23-14)15-9-5-3-6-10-15/h3,5-6,9-10,13,16H,4,7-8,11-12H2,1-2H3. The zero-order valence-corrected chi connectivity index (χ0v) is 15.2. The first kappa shape index (κ1) is 16.8. The Morgan fingerprint density at radius 2 is 1.88 bits per heavy atom. The monoisotopic (exact) mass is 349 g/mol. The highest BCUT2D eigenvalue weighted by Crippen LogP contribution is 2.29. The smallest absolute Gasteiger partial charge is 0.259 e. The maximum Gasteiger partial charge on any atom is 0.259 e. The third-order valence-electron chi connectivity index (χ3n) is 5.36. The van der Waals surface area contributed by atoms with Gasteiger partial charge in [0, 0.05) is 18.7 Å². The Labute approximate surface area is 153 Å². The van der Waals surface area contributed by atoms with Crippen molar-refractivity contribution in [2.75, 3.05) is 7.05 Å². The van der Waals surface area contributed by atoms with E-state index in [9.17, 15) is 4.79 Å². The first-order chi connectivity index (χ1) is 12.6. The molecule has 1 amide bonds. The molecule has 26 heavy (non-hydrogen) atoms. The molecule has 2 heterocycles. The zero-order chi connectivity index (χ0) is 18.1. The first-order valence-electron chi connectivity index (χ1n) is 9.25. The summed E-state index contributed by atoms with van der Waals surface area (Å²) in [5.74, 6) is 0.0211. The van der Waals surface area contributed by atoms with Crippen LogP contribution in [0.1, 0.15) is 48.2 Å². The van der Waals surface area contributed by atoms with E-state index in [4.69, 9.17) is 4.52 Å². The minimum absolute atomic E-state index is 0.0211. The number of aryl methyl sites for hydroxylation is 1. The van der Waals surface area contributed by atoms with Crippen LogP contribution in [0.25, 0.3) is 22.4 Å². The summed E-state index contributed by atoms with van der Waals surface area (Å²) in [6, 6.07) is 12.0. The second-order valence-electron chi connectivity index (χ2n) is 7.08. The number of fused-ring (bicyclic) bond motifs is 1. The molecule has 0 aliphatic heterocycles. The molecule has 0 spiro atoms. The molecule has 0 radical (unpaired) electrons. The van der Waals surface area contributed by atoms with E-state index in [-0.39, 0.29) is 5.91 Å². The quantitative estimate of drug-likeness (QED) is 0.693. The highest BCUT2D eigenvalue weighted by molar-refractivity contribution is 6.07. The van der Waals surface area contributed by atoms with Crippen molar-refractivity contribution in [3.05, 3.63) is 47.7 Å². The van der Waals surface area contributed by atoms with Gasteiger partial charge in [-0.25, -0.2) is 4.98 Å². The van der Waals surface area contributed by atoms with E-state index in [1.807, 2.05) is 55.3 Å². The molecular formula is C21H23N3O2. The van der Waals surface area contributed by atoms with Crippen molar-refractivity contribution in [1.82, 2.24) is 15.0 Å². The van der Waals surface area contributed by atoms with Crippen LogP contribution in [0.2, 0.25) is 0 Å². The largest absolute Gasteiger partial charge is 0.339 e. The number of benzene rings is 1. The highest BCUT2D eigenvalue weighted by atomic mass is 16.5. The van der Waals surface area contributed by atoms with Crippen molar-refractivity contribution in [3.8, 4) is 11.3 Å². The number of hydrogen-bond acceptors (Lipinski definition) is 4. The number of hydrogen-bond donors (Lipinski definition) is 0. The Morgan fingerprint density at radius 1 is 1.15 bits per heavy atom. The highest BCUT2D eigenvalue weighted by Gasteiger charge is 2.26. The Bertz CT molecular complexity index is 927. The number of carbonyl (C=O) groups excluding carboxylic acids is 1. The molecule has 3 aromatic rings. The lowest BCUT2D eigenvalue weighted by Crippen LogP contribution is -2.38. The van der Waals surface area contributed by atoms with Crippen LogP contribution in [0.5, 0.6) is 0 Å². The van der Waals surface area contributed by atoms with E-state index in [0.29, 0.717) is 23.0 Å². The fourth-order valence-corrected chi connectivity index (χ4v) is 3.84. The predicted molar refractivity (Wildman–Crippen MR) is 101 cm³/mol. The van der Waals surface area contributed by atoms with Crippen molar-refractivity contribution < 1.29 is 9.32 Å². The van der Waals surface area contributed by atoms with Gasteiger partial charge in [-0.3, -0.25) is 4.79 Å². The van der Waals surface area contributed by atoms with Crippen LogP contribution in [0.15, 0.2) is 40.9 Å². The van der Waals surface area contributed by atoms with E-state index < -0.39 is 0 Å². The molecule has 1 aliphatic rings. The second kappa shape index (κ2) is 6.90. The van der Waals surface area contributed by atoms with E-state index in [1.165, 1.54) is 19.3 Å². The van der Waals surface area contributed by atoms with Crippen molar-refractivity contribution in [2.45, 2.75) is 45.1 Å². The van der Waals surface area contributed by atoms with Crippen molar-refractivity contribution in [3.63, 3.8) is 0 Å². The first-order valence-corrected chi connectivity index (χ1v) is 9.25. The van der Waals surface area contributed by atoms with E-state index in [0.717, 1.165) is 29.5 Å². The number of carbonyl (C=O) groups is 1. The van der Waals surface area contributed by atoms with Gasteiger partial charge in [-0.05, 0) is 25.8 Å². The number of nitrogens with zero attached hydrogens (tertiary/aromatic N) is 3. The molecule has 5 nitrogen and oxygen atoms in total. The summed E-state index contributed by atoms with van der Waals surface area (Å²) in [6.07, 6.45) is 5.79. The van der Waals surface area contributed by atoms with Crippen LogP contribution < -0.4 is 0 Å². The molecular weight excluding hydrogens is 326 g/mol. The van der Waals surface area contributed by atoms with E-state index >= 15 is 0 Å². The molecule has 4 rings (SSSR count). The second-order valence-corrected chi connectivity index (χ2v) is 7.08. The van der Waals surface area contributed by atoms with Crippen molar-refractivity contribution in [1.29, 1.82) is 0 Å². The van der Waals surface area contributed by atoms with E-state index in [1.54, 1.807) is 0 Å². The minimum Gasteiger partial charge on any atom is -0.339 e. The van der Waals surface area contributed by atoms with Gasteiger partial charge in [0.25, 0.3) is 11.6 Å². The fourth-order valence-electron chi connectivity index (χ4n) is 3.84. The lowest BCUT2D eigenvalue weighted by Gasteiger charge is -2.31. The summed E-state index contributed by atoms with van der Waals surface area (Å²) >= 11 is 0. The van der Waals surface area contributed by atoms with Crippen LogP contribution in [-0.4, -0.2) is 34.0 Å². The summed E-state index contributed by atoms with van der Waals surface area (Å²) in [6.45, 7) is 1.85. The Balaban J connectivity index is 1.79. The molecule has 0 bridgehead atoms. The van der Waals surface area contributed by atoms with Crippen molar-refractivity contribution >= 4 is 17.0 Å². The molecule has 1 saturated carbocycles. The molecule has 0 atom stereocenters. The lowest BCUT2D eigenvalue weighted by molar-refractivity contribution is 0.0698. The molecule has 2 aromatic heterocycles. The lowest BCUT2D eigenvalue weighted by atomic mass is 9.94. The molecule has 1 aromatic carbocycles. The average molecular weight is 349 g/mol. The summed E-state index contributed by atoms with van der Waals surface area (Å²) in [5, 5.41) is 4.76. The van der Waals surface area contributed by atoms with Gasteiger partial charge in [0.15, 0.2) is 0 Å². The van der Waals surface area contributed by atoms with Gasteiger partial charge in [-0.15, -0.1) is 0 Å². The molecule has 1 aliphatic carbocycles. The maximum atomic E-state index is 13.3. The van der Waals surface area contributed by atoms with Crippen LogP contribution in [0.4, 0.5) is 0 Å². The summed E-state index contributed by atoms with van der Waals surface area (Å²) < 4.78 is 5.40. The van der Waals surface area contributed by atoms with Gasteiger partial charge in [-0.1, -0.05) is 54.8 Å². The molecule has 134 valence electrons.